The second kappa shape index (κ2) is 3.06. The first-order valence-corrected chi connectivity index (χ1v) is 3.78. The molecule has 1 aliphatic heterocycles. The third kappa shape index (κ3) is 1.70. The zero-order valence-corrected chi connectivity index (χ0v) is 6.78. The van der Waals surface area contributed by atoms with Crippen LogP contribution in [0.2, 0.25) is 0 Å². The highest BCUT2D eigenvalue weighted by Gasteiger charge is 2.41. The van der Waals surface area contributed by atoms with Gasteiger partial charge in [-0.2, -0.15) is 0 Å². The Morgan fingerprint density at radius 3 is 2.73 bits per heavy atom. The van der Waals surface area contributed by atoms with Gasteiger partial charge in [0.05, 0.1) is 12.7 Å². The van der Waals surface area contributed by atoms with E-state index < -0.39 is 12.1 Å². The molecule has 2 N–H and O–H groups in total. The van der Waals surface area contributed by atoms with Crippen LogP contribution in [0, 0.1) is 0 Å². The highest BCUT2D eigenvalue weighted by atomic mass is 16.7. The molecule has 1 rings (SSSR count). The second-order valence-corrected chi connectivity index (χ2v) is 2.81. The second-order valence-electron chi connectivity index (χ2n) is 2.81. The first-order chi connectivity index (χ1) is 5.08. The fraction of sp³-hybridized carbons (Fsp3) is 1.00. The van der Waals surface area contributed by atoms with Crippen LogP contribution in [0.1, 0.15) is 20.3 Å². The van der Waals surface area contributed by atoms with E-state index in [1.165, 1.54) is 0 Å². The van der Waals surface area contributed by atoms with Crippen LogP contribution in [0.15, 0.2) is 0 Å². The van der Waals surface area contributed by atoms with Gasteiger partial charge in [-0.05, 0) is 6.92 Å². The molecule has 11 heavy (non-hydrogen) atoms. The molecule has 4 heteroatoms. The van der Waals surface area contributed by atoms with E-state index in [0.717, 1.165) is 0 Å². The summed E-state index contributed by atoms with van der Waals surface area (Å²) in [7, 11) is 0. The lowest BCUT2D eigenvalue weighted by Crippen LogP contribution is -2.53. The molecule has 66 valence electrons. The lowest BCUT2D eigenvalue weighted by atomic mass is 10.1. The number of hydrogen-bond acceptors (Lipinski definition) is 4. The van der Waals surface area contributed by atoms with Crippen LogP contribution in [-0.4, -0.2) is 35.0 Å². The predicted molar refractivity (Wildman–Crippen MR) is 37.7 cm³/mol. The number of rotatable bonds is 1. The molecule has 0 spiro atoms. The zero-order valence-electron chi connectivity index (χ0n) is 6.78. The molecule has 0 aromatic rings. The average Bonchev–Trinajstić information content (AvgIpc) is 1.98. The van der Waals surface area contributed by atoms with Crippen LogP contribution in [0.5, 0.6) is 0 Å². The van der Waals surface area contributed by atoms with Gasteiger partial charge in [-0.15, -0.1) is 0 Å². The Labute approximate surface area is 65.7 Å². The van der Waals surface area contributed by atoms with E-state index in [4.69, 9.17) is 14.6 Å². The summed E-state index contributed by atoms with van der Waals surface area (Å²) in [5.41, 5.74) is 0. The van der Waals surface area contributed by atoms with Crippen molar-refractivity contribution in [3.8, 4) is 0 Å². The van der Waals surface area contributed by atoms with E-state index in [1.54, 1.807) is 13.8 Å². The predicted octanol–water partition coefficient (Wildman–Crippen LogP) is -0.161. The molecule has 3 atom stereocenters. The molecule has 0 bridgehead atoms. The summed E-state index contributed by atoms with van der Waals surface area (Å²) in [4.78, 5) is 0. The molecule has 3 unspecified atom stereocenters. The van der Waals surface area contributed by atoms with Crippen molar-refractivity contribution in [2.75, 3.05) is 6.61 Å². The third-order valence-electron chi connectivity index (χ3n) is 1.79. The lowest BCUT2D eigenvalue weighted by molar-refractivity contribution is -0.376. The summed E-state index contributed by atoms with van der Waals surface area (Å²) >= 11 is 0. The Morgan fingerprint density at radius 1 is 1.64 bits per heavy atom. The van der Waals surface area contributed by atoms with E-state index in [2.05, 4.69) is 0 Å². The maximum Gasteiger partial charge on any atom is 0.217 e. The first kappa shape index (κ1) is 8.93. The standard InChI is InChI=1S/C7H14O4/c1-3-7(9)6(8)10-4-5(2)11-7/h5-6,8-9H,3-4H2,1-2H3. The van der Waals surface area contributed by atoms with Crippen LogP contribution < -0.4 is 0 Å². The highest BCUT2D eigenvalue weighted by Crippen LogP contribution is 2.24. The van der Waals surface area contributed by atoms with Crippen molar-refractivity contribution in [3.63, 3.8) is 0 Å². The number of aliphatic hydroxyl groups excluding tert-OH is 1. The molecular formula is C7H14O4. The summed E-state index contributed by atoms with van der Waals surface area (Å²) in [5.74, 6) is -1.52. The SMILES string of the molecule is CCC1(O)OC(C)COC1O. The van der Waals surface area contributed by atoms with E-state index in [0.29, 0.717) is 13.0 Å². The van der Waals surface area contributed by atoms with Crippen LogP contribution >= 0.6 is 0 Å². The van der Waals surface area contributed by atoms with Crippen molar-refractivity contribution in [1.29, 1.82) is 0 Å². The van der Waals surface area contributed by atoms with E-state index in [9.17, 15) is 5.11 Å². The summed E-state index contributed by atoms with van der Waals surface area (Å²) in [5, 5.41) is 18.7. The van der Waals surface area contributed by atoms with Gasteiger partial charge in [-0.25, -0.2) is 0 Å². The highest BCUT2D eigenvalue weighted by molar-refractivity contribution is 4.74. The summed E-state index contributed by atoms with van der Waals surface area (Å²) in [6.45, 7) is 3.83. The van der Waals surface area contributed by atoms with Crippen molar-refractivity contribution in [2.24, 2.45) is 0 Å². The molecule has 0 radical (unpaired) electrons. The van der Waals surface area contributed by atoms with Crippen molar-refractivity contribution in [2.45, 2.75) is 38.4 Å². The maximum absolute atomic E-state index is 9.52. The molecular weight excluding hydrogens is 148 g/mol. The minimum atomic E-state index is -1.52. The van der Waals surface area contributed by atoms with Gasteiger partial charge in [0, 0.05) is 6.42 Å². The van der Waals surface area contributed by atoms with Gasteiger partial charge >= 0.3 is 0 Å². The normalized spacial score (nSPS) is 45.8. The van der Waals surface area contributed by atoms with Gasteiger partial charge in [-0.3, -0.25) is 0 Å². The van der Waals surface area contributed by atoms with Crippen LogP contribution in [0.25, 0.3) is 0 Å². The summed E-state index contributed by atoms with van der Waals surface area (Å²) in [6.07, 6.45) is -1.06. The molecule has 0 aliphatic carbocycles. The third-order valence-corrected chi connectivity index (χ3v) is 1.79. The molecule has 0 aromatic carbocycles. The van der Waals surface area contributed by atoms with Crippen molar-refractivity contribution in [3.05, 3.63) is 0 Å². The Balaban J connectivity index is 2.60. The Morgan fingerprint density at radius 2 is 2.27 bits per heavy atom. The minimum absolute atomic E-state index is 0.164. The largest absolute Gasteiger partial charge is 0.364 e. The van der Waals surface area contributed by atoms with Crippen LogP contribution in [-0.2, 0) is 9.47 Å². The van der Waals surface area contributed by atoms with Gasteiger partial charge in [0.25, 0.3) is 0 Å². The zero-order chi connectivity index (χ0) is 8.48. The van der Waals surface area contributed by atoms with E-state index in [-0.39, 0.29) is 6.10 Å². The molecule has 0 amide bonds. The van der Waals surface area contributed by atoms with Gasteiger partial charge in [0.2, 0.25) is 12.1 Å². The van der Waals surface area contributed by atoms with Crippen molar-refractivity contribution in [1.82, 2.24) is 0 Å². The maximum atomic E-state index is 9.52. The van der Waals surface area contributed by atoms with Gasteiger partial charge in [-0.1, -0.05) is 6.92 Å². The lowest BCUT2D eigenvalue weighted by Gasteiger charge is -2.38. The quantitative estimate of drug-likeness (QED) is 0.562. The summed E-state index contributed by atoms with van der Waals surface area (Å²) < 4.78 is 9.99. The van der Waals surface area contributed by atoms with Gasteiger partial charge in [0.15, 0.2) is 0 Å². The molecule has 4 nitrogen and oxygen atoms in total. The average molecular weight is 162 g/mol. The monoisotopic (exact) mass is 162 g/mol. The molecule has 0 saturated carbocycles. The van der Waals surface area contributed by atoms with E-state index >= 15 is 0 Å². The van der Waals surface area contributed by atoms with Gasteiger partial charge < -0.3 is 19.7 Å². The van der Waals surface area contributed by atoms with Gasteiger partial charge in [0.1, 0.15) is 0 Å². The minimum Gasteiger partial charge on any atom is -0.364 e. The van der Waals surface area contributed by atoms with Crippen molar-refractivity contribution < 1.29 is 19.7 Å². The fourth-order valence-corrected chi connectivity index (χ4v) is 1.06. The fourth-order valence-electron chi connectivity index (χ4n) is 1.06. The molecule has 1 aliphatic rings. The number of aliphatic hydroxyl groups is 2. The molecule has 1 saturated heterocycles. The molecule has 1 heterocycles. The van der Waals surface area contributed by atoms with Crippen LogP contribution in [0.3, 0.4) is 0 Å². The smallest absolute Gasteiger partial charge is 0.217 e. The summed E-state index contributed by atoms with van der Waals surface area (Å²) in [6, 6.07) is 0. The Bertz CT molecular complexity index is 138. The number of ether oxygens (including phenoxy) is 2. The molecule has 0 aromatic heterocycles. The number of hydrogen-bond donors (Lipinski definition) is 2. The Kier molecular flexibility index (Phi) is 2.49. The molecule has 1 fully saturated rings. The first-order valence-electron chi connectivity index (χ1n) is 3.78. The van der Waals surface area contributed by atoms with Crippen molar-refractivity contribution >= 4 is 0 Å². The Hall–Kier alpha value is -0.160. The van der Waals surface area contributed by atoms with Crippen LogP contribution in [0.4, 0.5) is 0 Å². The topological polar surface area (TPSA) is 58.9 Å². The van der Waals surface area contributed by atoms with E-state index in [1.807, 2.05) is 0 Å².